The van der Waals surface area contributed by atoms with Crippen LogP contribution in [0.5, 0.6) is 5.75 Å². The topological polar surface area (TPSA) is 75.7 Å². The lowest BCUT2D eigenvalue weighted by Gasteiger charge is -2.59. The van der Waals surface area contributed by atoms with Crippen molar-refractivity contribution in [1.82, 2.24) is 4.31 Å². The maximum absolute atomic E-state index is 13.3. The molecule has 5 rings (SSSR count). The highest BCUT2D eigenvalue weighted by atomic mass is 35.5. The number of hydrogen-bond donors (Lipinski definition) is 1. The van der Waals surface area contributed by atoms with Crippen LogP contribution in [-0.2, 0) is 14.8 Å². The molecule has 4 aliphatic carbocycles. The van der Waals surface area contributed by atoms with Gasteiger partial charge in [-0.05, 0) is 68.6 Å². The van der Waals surface area contributed by atoms with E-state index in [4.69, 9.17) is 16.3 Å². The first-order valence-electron chi connectivity index (χ1n) is 9.68. The van der Waals surface area contributed by atoms with Crippen molar-refractivity contribution in [2.75, 3.05) is 26.5 Å². The van der Waals surface area contributed by atoms with Crippen molar-refractivity contribution >= 4 is 33.2 Å². The molecule has 4 aliphatic rings. The molecule has 0 aliphatic heterocycles. The molecule has 0 spiro atoms. The zero-order chi connectivity index (χ0) is 20.3. The highest BCUT2D eigenvalue weighted by Crippen LogP contribution is 2.64. The van der Waals surface area contributed by atoms with E-state index in [9.17, 15) is 13.2 Å². The van der Waals surface area contributed by atoms with Crippen LogP contribution >= 0.6 is 11.6 Å². The number of ether oxygens (including phenoxy) is 1. The first-order valence-corrected chi connectivity index (χ1v) is 11.5. The lowest BCUT2D eigenvalue weighted by atomic mass is 9.49. The van der Waals surface area contributed by atoms with E-state index in [1.807, 2.05) is 0 Å². The lowest BCUT2D eigenvalue weighted by molar-refractivity contribution is -0.138. The van der Waals surface area contributed by atoms with Gasteiger partial charge in [-0.1, -0.05) is 0 Å². The Kier molecular flexibility index (Phi) is 4.71. The van der Waals surface area contributed by atoms with Crippen LogP contribution in [0.25, 0.3) is 0 Å². The summed E-state index contributed by atoms with van der Waals surface area (Å²) in [6.45, 7) is 0. The fraction of sp³-hybridized carbons (Fsp3) is 0.650. The van der Waals surface area contributed by atoms with E-state index in [1.54, 1.807) is 12.1 Å². The molecule has 28 heavy (non-hydrogen) atoms. The highest BCUT2D eigenvalue weighted by Gasteiger charge is 2.60. The summed E-state index contributed by atoms with van der Waals surface area (Å²) < 4.78 is 31.6. The maximum Gasteiger partial charge on any atom is 0.246 e. The molecule has 6 nitrogen and oxygen atoms in total. The molecule has 154 valence electrons. The standard InChI is InChI=1S/C20H27ClN2O4S/c1-23(2)28(25,26)17-7-15(4-5-16(17)27-3)22-18(24)19-8-13-6-14(9-19)11-20(21,10-13)12-19/h4-5,7,13-14H,6,8-12H2,1-3H3,(H,22,24)/t13-,14+,19?,20?. The molecule has 0 radical (unpaired) electrons. The van der Waals surface area contributed by atoms with Crippen molar-refractivity contribution in [2.45, 2.75) is 48.3 Å². The fourth-order valence-electron chi connectivity index (χ4n) is 5.83. The molecule has 4 bridgehead atoms. The van der Waals surface area contributed by atoms with Crippen LogP contribution in [0.4, 0.5) is 5.69 Å². The van der Waals surface area contributed by atoms with Gasteiger partial charge >= 0.3 is 0 Å². The van der Waals surface area contributed by atoms with Gasteiger partial charge in [0.2, 0.25) is 15.9 Å². The third kappa shape index (κ3) is 3.21. The number of nitrogens with zero attached hydrogens (tertiary/aromatic N) is 1. The van der Waals surface area contributed by atoms with Crippen molar-refractivity contribution < 1.29 is 17.9 Å². The molecule has 1 N–H and O–H groups in total. The normalized spacial score (nSPS) is 33.9. The van der Waals surface area contributed by atoms with Crippen molar-refractivity contribution in [3.63, 3.8) is 0 Å². The molecular weight excluding hydrogens is 400 g/mol. The molecule has 4 saturated carbocycles. The van der Waals surface area contributed by atoms with Gasteiger partial charge in [0.25, 0.3) is 0 Å². The second-order valence-electron chi connectivity index (χ2n) is 9.00. The van der Waals surface area contributed by atoms with E-state index in [2.05, 4.69) is 5.32 Å². The Morgan fingerprint density at radius 3 is 2.39 bits per heavy atom. The summed E-state index contributed by atoms with van der Waals surface area (Å²) in [5, 5.41) is 2.98. The Morgan fingerprint density at radius 1 is 1.21 bits per heavy atom. The van der Waals surface area contributed by atoms with Gasteiger partial charge in [-0.2, -0.15) is 0 Å². The number of anilines is 1. The number of alkyl halides is 1. The molecule has 0 heterocycles. The number of carbonyl (C=O) groups excluding carboxylic acids is 1. The predicted molar refractivity (Wildman–Crippen MR) is 108 cm³/mol. The number of carbonyl (C=O) groups is 1. The first-order chi connectivity index (χ1) is 13.1. The zero-order valence-electron chi connectivity index (χ0n) is 16.5. The minimum atomic E-state index is -3.70. The second-order valence-corrected chi connectivity index (χ2v) is 11.9. The van der Waals surface area contributed by atoms with Crippen LogP contribution in [0, 0.1) is 17.3 Å². The number of nitrogens with one attached hydrogen (secondary N) is 1. The van der Waals surface area contributed by atoms with Crippen LogP contribution < -0.4 is 10.1 Å². The molecule has 4 fully saturated rings. The fourth-order valence-corrected chi connectivity index (χ4v) is 7.60. The number of amides is 1. The van der Waals surface area contributed by atoms with E-state index in [0.717, 1.165) is 30.0 Å². The molecule has 1 amide bonds. The molecule has 1 aromatic carbocycles. The number of sulfonamides is 1. The Hall–Kier alpha value is -1.31. The van der Waals surface area contributed by atoms with Gasteiger partial charge in [-0.15, -0.1) is 11.6 Å². The zero-order valence-corrected chi connectivity index (χ0v) is 18.1. The molecule has 1 aromatic rings. The van der Waals surface area contributed by atoms with E-state index in [-0.39, 0.29) is 21.4 Å². The van der Waals surface area contributed by atoms with Crippen LogP contribution in [0.1, 0.15) is 38.5 Å². The first kappa shape index (κ1) is 20.0. The smallest absolute Gasteiger partial charge is 0.246 e. The molecule has 0 aromatic heterocycles. The van der Waals surface area contributed by atoms with Gasteiger partial charge in [0, 0.05) is 24.7 Å². The Balaban J connectivity index is 1.62. The van der Waals surface area contributed by atoms with Crippen LogP contribution in [-0.4, -0.2) is 44.7 Å². The summed E-state index contributed by atoms with van der Waals surface area (Å²) in [4.78, 5) is 13.1. The summed E-state index contributed by atoms with van der Waals surface area (Å²) in [7, 11) is 0.667. The Morgan fingerprint density at radius 2 is 1.86 bits per heavy atom. The highest BCUT2D eigenvalue weighted by molar-refractivity contribution is 7.89. The number of rotatable bonds is 5. The van der Waals surface area contributed by atoms with Gasteiger partial charge in [-0.3, -0.25) is 4.79 Å². The molecular formula is C20H27ClN2O4S. The van der Waals surface area contributed by atoms with Crippen LogP contribution in [0.3, 0.4) is 0 Å². The third-order valence-electron chi connectivity index (χ3n) is 6.65. The van der Waals surface area contributed by atoms with Crippen LogP contribution in [0.2, 0.25) is 0 Å². The summed E-state index contributed by atoms with van der Waals surface area (Å²) in [5.74, 6) is 1.25. The van der Waals surface area contributed by atoms with Crippen molar-refractivity contribution in [3.05, 3.63) is 18.2 Å². The molecule has 2 unspecified atom stereocenters. The molecule has 4 atom stereocenters. The lowest BCUT2D eigenvalue weighted by Crippen LogP contribution is -2.57. The number of benzene rings is 1. The van der Waals surface area contributed by atoms with Gasteiger partial charge in [0.05, 0.1) is 12.5 Å². The Bertz CT molecular complexity index is 901. The van der Waals surface area contributed by atoms with Crippen molar-refractivity contribution in [1.29, 1.82) is 0 Å². The minimum absolute atomic E-state index is 0.0370. The van der Waals surface area contributed by atoms with E-state index in [0.29, 0.717) is 23.9 Å². The largest absolute Gasteiger partial charge is 0.495 e. The van der Waals surface area contributed by atoms with E-state index < -0.39 is 15.4 Å². The average molecular weight is 427 g/mol. The van der Waals surface area contributed by atoms with Crippen LogP contribution in [0.15, 0.2) is 23.1 Å². The maximum atomic E-state index is 13.3. The molecule has 0 saturated heterocycles. The molecule has 8 heteroatoms. The van der Waals surface area contributed by atoms with Crippen molar-refractivity contribution in [3.8, 4) is 5.75 Å². The minimum Gasteiger partial charge on any atom is -0.495 e. The third-order valence-corrected chi connectivity index (χ3v) is 8.93. The van der Waals surface area contributed by atoms with Gasteiger partial charge < -0.3 is 10.1 Å². The second kappa shape index (κ2) is 6.61. The summed E-state index contributed by atoms with van der Waals surface area (Å²) in [5.41, 5.74) is 0.0254. The quantitative estimate of drug-likeness (QED) is 0.731. The summed E-state index contributed by atoms with van der Waals surface area (Å²) in [6, 6.07) is 4.74. The predicted octanol–water partition coefficient (Wildman–Crippen LogP) is 3.46. The summed E-state index contributed by atoms with van der Waals surface area (Å²) in [6.07, 6.45) is 5.66. The monoisotopic (exact) mass is 426 g/mol. The van der Waals surface area contributed by atoms with E-state index >= 15 is 0 Å². The number of methoxy groups -OCH3 is 1. The Labute approximate surface area is 171 Å². The van der Waals surface area contributed by atoms with Gasteiger partial charge in [0.15, 0.2) is 0 Å². The number of halogens is 1. The van der Waals surface area contributed by atoms with Gasteiger partial charge in [0.1, 0.15) is 10.6 Å². The average Bonchev–Trinajstić information content (AvgIpc) is 2.59. The number of hydrogen-bond acceptors (Lipinski definition) is 4. The SMILES string of the molecule is COc1ccc(NC(=O)C23C[C@@H]4C[C@@H](CC(Cl)(C4)C2)C3)cc1S(=O)(=O)N(C)C. The van der Waals surface area contributed by atoms with Gasteiger partial charge in [-0.25, -0.2) is 12.7 Å². The van der Waals surface area contributed by atoms with Crippen molar-refractivity contribution in [2.24, 2.45) is 17.3 Å². The van der Waals surface area contributed by atoms with E-state index in [1.165, 1.54) is 33.7 Å². The summed E-state index contributed by atoms with van der Waals surface area (Å²) >= 11 is 6.85.